The minimum absolute atomic E-state index is 0.0467. The molecule has 1 amide bonds. The fourth-order valence-electron chi connectivity index (χ4n) is 4.47. The summed E-state index contributed by atoms with van der Waals surface area (Å²) in [5.74, 6) is 0.0467. The highest BCUT2D eigenvalue weighted by atomic mass is 79.9. The van der Waals surface area contributed by atoms with Gasteiger partial charge >= 0.3 is 6.09 Å². The molecule has 0 saturated carbocycles. The van der Waals surface area contributed by atoms with Crippen molar-refractivity contribution in [2.24, 2.45) is 0 Å². The normalized spacial score (nSPS) is 12.3. The Hall–Kier alpha value is -2.09. The number of fused-ring (bicyclic) bond motifs is 3. The van der Waals surface area contributed by atoms with Crippen LogP contribution >= 0.6 is 15.9 Å². The number of benzene rings is 2. The highest BCUT2D eigenvalue weighted by Gasteiger charge is 2.29. The third kappa shape index (κ3) is 13.6. The average Bonchev–Trinajstić information content (AvgIpc) is 3.35. The van der Waals surface area contributed by atoms with Crippen molar-refractivity contribution in [1.82, 2.24) is 4.90 Å². The molecule has 2 aromatic carbocycles. The van der Waals surface area contributed by atoms with Gasteiger partial charge in [-0.25, -0.2) is 4.79 Å². The van der Waals surface area contributed by atoms with Crippen LogP contribution in [0.15, 0.2) is 48.5 Å². The molecular weight excluding hydrogens is 622 g/mol. The molecule has 240 valence electrons. The number of alkyl halides is 1. The van der Waals surface area contributed by atoms with Crippen molar-refractivity contribution < 1.29 is 42.7 Å². The monoisotopic (exact) mass is 667 g/mol. The van der Waals surface area contributed by atoms with Gasteiger partial charge in [-0.2, -0.15) is 0 Å². The van der Waals surface area contributed by atoms with E-state index in [1.807, 2.05) is 24.3 Å². The first-order chi connectivity index (χ1) is 21.2. The lowest BCUT2D eigenvalue weighted by molar-refractivity contribution is -0.0204. The molecule has 0 aliphatic heterocycles. The van der Waals surface area contributed by atoms with Gasteiger partial charge in [-0.3, -0.25) is 0 Å². The third-order valence-electron chi connectivity index (χ3n) is 6.67. The van der Waals surface area contributed by atoms with Crippen LogP contribution < -0.4 is 0 Å². The van der Waals surface area contributed by atoms with Gasteiger partial charge in [0.2, 0.25) is 0 Å². The predicted octanol–water partition coefficient (Wildman–Crippen LogP) is 4.38. The predicted molar refractivity (Wildman–Crippen MR) is 167 cm³/mol. The Balaban J connectivity index is 1.08. The average molecular weight is 669 g/mol. The highest BCUT2D eigenvalue weighted by molar-refractivity contribution is 9.09. The van der Waals surface area contributed by atoms with Crippen molar-refractivity contribution in [2.45, 2.75) is 5.92 Å². The summed E-state index contributed by atoms with van der Waals surface area (Å²) in [6, 6.07) is 16.6. The first kappa shape index (κ1) is 35.4. The van der Waals surface area contributed by atoms with Crippen LogP contribution in [0.1, 0.15) is 17.0 Å². The van der Waals surface area contributed by atoms with E-state index in [0.717, 1.165) is 5.33 Å². The van der Waals surface area contributed by atoms with Gasteiger partial charge in [0, 0.05) is 24.8 Å². The van der Waals surface area contributed by atoms with E-state index in [2.05, 4.69) is 40.2 Å². The fraction of sp³-hybridized carbons (Fsp3) is 0.594. The number of hydrogen-bond acceptors (Lipinski definition) is 9. The quantitative estimate of drug-likeness (QED) is 0.113. The Bertz CT molecular complexity index is 982. The SMILES string of the molecule is CN(CCOCCOCCOCCOCCOCCOCCOCCBr)C(=O)OCC1c2ccccc2-c2ccccc21. The lowest BCUT2D eigenvalue weighted by Gasteiger charge is -2.19. The van der Waals surface area contributed by atoms with E-state index in [1.54, 1.807) is 7.05 Å². The van der Waals surface area contributed by atoms with Gasteiger partial charge in [0.1, 0.15) is 6.61 Å². The molecule has 0 aromatic heterocycles. The minimum atomic E-state index is -0.358. The van der Waals surface area contributed by atoms with E-state index in [0.29, 0.717) is 106 Å². The Labute approximate surface area is 263 Å². The smallest absolute Gasteiger partial charge is 0.409 e. The molecule has 1 aliphatic carbocycles. The van der Waals surface area contributed by atoms with Gasteiger partial charge in [0.15, 0.2) is 0 Å². The van der Waals surface area contributed by atoms with Crippen LogP contribution in [0, 0.1) is 0 Å². The lowest BCUT2D eigenvalue weighted by Crippen LogP contribution is -2.32. The van der Waals surface area contributed by atoms with Gasteiger partial charge in [-0.15, -0.1) is 0 Å². The lowest BCUT2D eigenvalue weighted by atomic mass is 9.98. The van der Waals surface area contributed by atoms with Gasteiger partial charge < -0.3 is 42.8 Å². The van der Waals surface area contributed by atoms with Gasteiger partial charge in [-0.05, 0) is 22.3 Å². The van der Waals surface area contributed by atoms with Crippen molar-refractivity contribution in [2.75, 3.05) is 118 Å². The van der Waals surface area contributed by atoms with E-state index in [-0.39, 0.29) is 12.0 Å². The molecule has 1 aliphatic rings. The zero-order valence-corrected chi connectivity index (χ0v) is 26.8. The van der Waals surface area contributed by atoms with E-state index >= 15 is 0 Å². The number of carbonyl (C=O) groups excluding carboxylic acids is 1. The fourth-order valence-corrected chi connectivity index (χ4v) is 4.70. The number of likely N-dealkylation sites (N-methyl/N-ethyl adjacent to an activating group) is 1. The van der Waals surface area contributed by atoms with Gasteiger partial charge in [0.05, 0.1) is 92.5 Å². The number of ether oxygens (including phenoxy) is 8. The zero-order chi connectivity index (χ0) is 30.4. The maximum atomic E-state index is 12.6. The minimum Gasteiger partial charge on any atom is -0.448 e. The molecule has 0 heterocycles. The molecule has 0 unspecified atom stereocenters. The number of halogens is 1. The second-order valence-electron chi connectivity index (χ2n) is 9.70. The topological polar surface area (TPSA) is 94.2 Å². The van der Waals surface area contributed by atoms with Crippen molar-refractivity contribution in [3.8, 4) is 11.1 Å². The standard InChI is InChI=1S/C32H46BrNO9/c1-34(32(35)43-26-31-29-8-4-2-6-27(29)28-7-3-5-9-30(28)31)11-13-37-15-17-39-19-21-41-23-25-42-24-22-40-20-18-38-16-14-36-12-10-33/h2-9,31H,10-26H2,1H3. The number of carbonyl (C=O) groups is 1. The largest absolute Gasteiger partial charge is 0.448 e. The number of nitrogens with zero attached hydrogens (tertiary/aromatic N) is 1. The van der Waals surface area contributed by atoms with Gasteiger partial charge in [-0.1, -0.05) is 64.5 Å². The van der Waals surface area contributed by atoms with E-state index in [1.165, 1.54) is 27.2 Å². The molecule has 0 saturated heterocycles. The van der Waals surface area contributed by atoms with Crippen LogP contribution in [0.25, 0.3) is 11.1 Å². The van der Waals surface area contributed by atoms with Crippen LogP contribution in [0.5, 0.6) is 0 Å². The van der Waals surface area contributed by atoms with E-state index < -0.39 is 0 Å². The first-order valence-electron chi connectivity index (χ1n) is 14.9. The van der Waals surface area contributed by atoms with Crippen LogP contribution in [0.4, 0.5) is 4.79 Å². The van der Waals surface area contributed by atoms with Gasteiger partial charge in [0.25, 0.3) is 0 Å². The number of hydrogen-bond donors (Lipinski definition) is 0. The van der Waals surface area contributed by atoms with Crippen LogP contribution in [0.3, 0.4) is 0 Å². The van der Waals surface area contributed by atoms with Crippen molar-refractivity contribution in [3.05, 3.63) is 59.7 Å². The molecule has 0 N–H and O–H groups in total. The Morgan fingerprint density at radius 3 is 1.40 bits per heavy atom. The summed E-state index contributed by atoms with van der Waals surface area (Å²) in [6.07, 6.45) is -0.358. The van der Waals surface area contributed by atoms with Crippen molar-refractivity contribution in [3.63, 3.8) is 0 Å². The summed E-state index contributed by atoms with van der Waals surface area (Å²) >= 11 is 3.30. The summed E-state index contributed by atoms with van der Waals surface area (Å²) in [6.45, 7) is 8.00. The van der Waals surface area contributed by atoms with E-state index in [4.69, 9.17) is 37.9 Å². The molecule has 0 atom stereocenters. The molecule has 43 heavy (non-hydrogen) atoms. The maximum Gasteiger partial charge on any atom is 0.409 e. The highest BCUT2D eigenvalue weighted by Crippen LogP contribution is 2.44. The summed E-state index contributed by atoms with van der Waals surface area (Å²) in [5.41, 5.74) is 4.82. The zero-order valence-electron chi connectivity index (χ0n) is 25.2. The Morgan fingerprint density at radius 2 is 0.977 bits per heavy atom. The Kier molecular flexibility index (Phi) is 18.5. The molecule has 0 radical (unpaired) electrons. The summed E-state index contributed by atoms with van der Waals surface area (Å²) < 4.78 is 43.9. The maximum absolute atomic E-state index is 12.6. The summed E-state index contributed by atoms with van der Waals surface area (Å²) in [5, 5.41) is 0.834. The molecule has 11 heteroatoms. The number of rotatable bonds is 25. The molecule has 2 aromatic rings. The van der Waals surface area contributed by atoms with Crippen LogP contribution in [0.2, 0.25) is 0 Å². The second-order valence-corrected chi connectivity index (χ2v) is 10.5. The Morgan fingerprint density at radius 1 is 0.605 bits per heavy atom. The molecule has 0 spiro atoms. The number of amides is 1. The molecular formula is C32H46BrNO9. The second kappa shape index (κ2) is 22.4. The van der Waals surface area contributed by atoms with Crippen LogP contribution in [-0.2, 0) is 37.9 Å². The first-order valence-corrected chi connectivity index (χ1v) is 16.0. The van der Waals surface area contributed by atoms with Crippen molar-refractivity contribution in [1.29, 1.82) is 0 Å². The molecule has 0 bridgehead atoms. The summed E-state index contributed by atoms with van der Waals surface area (Å²) in [4.78, 5) is 14.1. The summed E-state index contributed by atoms with van der Waals surface area (Å²) in [7, 11) is 1.72. The molecule has 3 rings (SSSR count). The molecule has 0 fully saturated rings. The van der Waals surface area contributed by atoms with Crippen molar-refractivity contribution >= 4 is 22.0 Å². The van der Waals surface area contributed by atoms with E-state index in [9.17, 15) is 4.79 Å². The molecule has 10 nitrogen and oxygen atoms in total. The van der Waals surface area contributed by atoms with Crippen LogP contribution in [-0.4, -0.2) is 129 Å². The third-order valence-corrected chi connectivity index (χ3v) is 7.00.